The Bertz CT molecular complexity index is 767. The zero-order valence-electron chi connectivity index (χ0n) is 12.0. The van der Waals surface area contributed by atoms with E-state index < -0.39 is 29.3 Å². The molecule has 0 spiro atoms. The Morgan fingerprint density at radius 3 is 2.35 bits per heavy atom. The largest absolute Gasteiger partial charge is 0.466 e. The molecule has 0 saturated carbocycles. The van der Waals surface area contributed by atoms with Crippen molar-refractivity contribution < 1.29 is 37.3 Å². The molecule has 0 amide bonds. The second-order valence-corrected chi connectivity index (χ2v) is 4.62. The third-order valence-corrected chi connectivity index (χ3v) is 3.39. The van der Waals surface area contributed by atoms with Gasteiger partial charge in [0.25, 0.3) is 5.60 Å². The molecule has 0 fully saturated rings. The molecule has 1 atom stereocenters. The molecule has 0 aliphatic heterocycles. The van der Waals surface area contributed by atoms with Crippen molar-refractivity contribution in [1.82, 2.24) is 4.98 Å². The van der Waals surface area contributed by atoms with Crippen LogP contribution in [0.1, 0.15) is 15.9 Å². The number of H-pyrrole nitrogens is 1. The first-order valence-electron chi connectivity index (χ1n) is 6.24. The van der Waals surface area contributed by atoms with E-state index in [1.165, 1.54) is 18.2 Å². The van der Waals surface area contributed by atoms with Gasteiger partial charge in [0, 0.05) is 22.7 Å². The molecule has 9 heteroatoms. The van der Waals surface area contributed by atoms with Crippen molar-refractivity contribution in [3.63, 3.8) is 0 Å². The summed E-state index contributed by atoms with van der Waals surface area (Å²) in [5.74, 6) is -2.82. The van der Waals surface area contributed by atoms with Crippen LogP contribution < -0.4 is 0 Å². The number of aromatic amines is 1. The van der Waals surface area contributed by atoms with E-state index in [-0.39, 0.29) is 16.5 Å². The Labute approximate surface area is 127 Å². The lowest BCUT2D eigenvalue weighted by Crippen LogP contribution is -2.49. The lowest BCUT2D eigenvalue weighted by molar-refractivity contribution is -0.266. The Morgan fingerprint density at radius 1 is 1.17 bits per heavy atom. The smallest absolute Gasteiger partial charge is 0.432 e. The second-order valence-electron chi connectivity index (χ2n) is 4.62. The van der Waals surface area contributed by atoms with E-state index in [4.69, 9.17) is 0 Å². The van der Waals surface area contributed by atoms with E-state index in [0.717, 1.165) is 20.4 Å². The van der Waals surface area contributed by atoms with Crippen LogP contribution in [0.4, 0.5) is 13.2 Å². The number of fused-ring (bicyclic) bond motifs is 1. The summed E-state index contributed by atoms with van der Waals surface area (Å²) in [5.41, 5.74) is -4.88. The van der Waals surface area contributed by atoms with Crippen molar-refractivity contribution >= 4 is 22.8 Å². The number of carbonyl (C=O) groups is 2. The molecule has 1 aromatic heterocycles. The minimum absolute atomic E-state index is 0.120. The fourth-order valence-electron chi connectivity index (χ4n) is 2.28. The molecule has 1 unspecified atom stereocenters. The summed E-state index contributed by atoms with van der Waals surface area (Å²) in [6, 6.07) is 4.03. The number of nitrogens with one attached hydrogen (secondary N) is 1. The number of halogens is 3. The van der Waals surface area contributed by atoms with Crippen LogP contribution in [-0.4, -0.2) is 42.4 Å². The average Bonchev–Trinajstić information content (AvgIpc) is 2.95. The Balaban J connectivity index is 2.86. The number of aliphatic hydroxyl groups is 1. The molecule has 2 rings (SSSR count). The SMILES string of the molecule is COC(=O)c1cccc2[nH]cc(C(O)(C(=O)OC)C(F)(F)F)c12. The number of ether oxygens (including phenoxy) is 2. The third-order valence-electron chi connectivity index (χ3n) is 3.39. The molecule has 6 nitrogen and oxygen atoms in total. The van der Waals surface area contributed by atoms with Gasteiger partial charge in [-0.2, -0.15) is 13.2 Å². The van der Waals surface area contributed by atoms with E-state index in [0.29, 0.717) is 0 Å². The van der Waals surface area contributed by atoms with Crippen LogP contribution in [0.15, 0.2) is 24.4 Å². The lowest BCUT2D eigenvalue weighted by atomic mass is 9.90. The molecule has 2 N–H and O–H groups in total. The van der Waals surface area contributed by atoms with Gasteiger partial charge in [0.05, 0.1) is 19.8 Å². The summed E-state index contributed by atoms with van der Waals surface area (Å²) >= 11 is 0. The molecule has 1 heterocycles. The molecule has 0 radical (unpaired) electrons. The predicted molar refractivity (Wildman–Crippen MR) is 71.6 cm³/mol. The average molecular weight is 331 g/mol. The van der Waals surface area contributed by atoms with E-state index in [1.54, 1.807) is 0 Å². The fourth-order valence-corrected chi connectivity index (χ4v) is 2.28. The molecule has 2 aromatic rings. The van der Waals surface area contributed by atoms with E-state index >= 15 is 0 Å². The maximum Gasteiger partial charge on any atom is 0.432 e. The van der Waals surface area contributed by atoms with Crippen molar-refractivity contribution in [2.75, 3.05) is 14.2 Å². The number of esters is 2. The van der Waals surface area contributed by atoms with Gasteiger partial charge in [-0.15, -0.1) is 0 Å². The van der Waals surface area contributed by atoms with Crippen LogP contribution in [0, 0.1) is 0 Å². The summed E-state index contributed by atoms with van der Waals surface area (Å²) in [5, 5.41) is 9.81. The Hall–Kier alpha value is -2.55. The highest BCUT2D eigenvalue weighted by Crippen LogP contribution is 2.43. The van der Waals surface area contributed by atoms with Crippen LogP contribution >= 0.6 is 0 Å². The summed E-state index contributed by atoms with van der Waals surface area (Å²) in [4.78, 5) is 25.9. The molecule has 0 bridgehead atoms. The number of rotatable bonds is 3. The topological polar surface area (TPSA) is 88.6 Å². The minimum Gasteiger partial charge on any atom is -0.466 e. The molecular formula is C14H12F3NO5. The monoisotopic (exact) mass is 331 g/mol. The molecule has 0 aliphatic carbocycles. The molecular weight excluding hydrogens is 319 g/mol. The molecule has 1 aromatic carbocycles. The Morgan fingerprint density at radius 2 is 1.83 bits per heavy atom. The summed E-state index contributed by atoms with van der Waals surface area (Å²) in [7, 11) is 1.78. The van der Waals surface area contributed by atoms with Crippen molar-refractivity contribution in [3.8, 4) is 0 Å². The van der Waals surface area contributed by atoms with Crippen molar-refractivity contribution in [2.24, 2.45) is 0 Å². The van der Waals surface area contributed by atoms with Gasteiger partial charge in [0.2, 0.25) is 0 Å². The standard InChI is InChI=1S/C14H12F3NO5/c1-22-11(19)7-4-3-5-9-10(7)8(6-18-9)13(21,12(20)23-2)14(15,16)17/h3-6,18,21H,1-2H3. The van der Waals surface area contributed by atoms with Crippen molar-refractivity contribution in [2.45, 2.75) is 11.8 Å². The zero-order chi connectivity index (χ0) is 17.4. The van der Waals surface area contributed by atoms with Gasteiger partial charge in [-0.3, -0.25) is 0 Å². The number of benzene rings is 1. The number of hydrogen-bond acceptors (Lipinski definition) is 5. The first-order valence-corrected chi connectivity index (χ1v) is 6.24. The van der Waals surface area contributed by atoms with Crippen LogP contribution in [0.3, 0.4) is 0 Å². The van der Waals surface area contributed by atoms with E-state index in [9.17, 15) is 27.9 Å². The molecule has 124 valence electrons. The maximum atomic E-state index is 13.4. The normalized spacial score (nSPS) is 14.3. The van der Waals surface area contributed by atoms with Gasteiger partial charge in [-0.1, -0.05) is 6.07 Å². The summed E-state index contributed by atoms with van der Waals surface area (Å²) < 4.78 is 48.7. The molecule has 0 saturated heterocycles. The van der Waals surface area contributed by atoms with Crippen molar-refractivity contribution in [3.05, 3.63) is 35.5 Å². The predicted octanol–water partition coefficient (Wildman–Crippen LogP) is 1.88. The van der Waals surface area contributed by atoms with Gasteiger partial charge >= 0.3 is 18.1 Å². The number of aromatic nitrogens is 1. The molecule has 0 aliphatic rings. The van der Waals surface area contributed by atoms with Gasteiger partial charge in [0.1, 0.15) is 0 Å². The van der Waals surface area contributed by atoms with Crippen LogP contribution in [0.5, 0.6) is 0 Å². The Kier molecular flexibility index (Phi) is 4.08. The zero-order valence-corrected chi connectivity index (χ0v) is 12.0. The van der Waals surface area contributed by atoms with Gasteiger partial charge in [0.15, 0.2) is 0 Å². The highest BCUT2D eigenvalue weighted by molar-refractivity contribution is 6.07. The van der Waals surface area contributed by atoms with Gasteiger partial charge in [-0.25, -0.2) is 9.59 Å². The van der Waals surface area contributed by atoms with E-state index in [1.807, 2.05) is 0 Å². The highest BCUT2D eigenvalue weighted by atomic mass is 19.4. The summed E-state index contributed by atoms with van der Waals surface area (Å²) in [6.45, 7) is 0. The van der Waals surface area contributed by atoms with Gasteiger partial charge in [-0.05, 0) is 12.1 Å². The number of hydrogen-bond donors (Lipinski definition) is 2. The summed E-state index contributed by atoms with van der Waals surface area (Å²) in [6.07, 6.45) is -4.56. The van der Waals surface area contributed by atoms with Crippen LogP contribution in [0.25, 0.3) is 10.9 Å². The lowest BCUT2D eigenvalue weighted by Gasteiger charge is -2.27. The fraction of sp³-hybridized carbons (Fsp3) is 0.286. The number of methoxy groups -OCH3 is 2. The number of carbonyl (C=O) groups excluding carboxylic acids is 2. The molecule has 23 heavy (non-hydrogen) atoms. The van der Waals surface area contributed by atoms with Gasteiger partial charge < -0.3 is 19.6 Å². The quantitative estimate of drug-likeness (QED) is 0.839. The van der Waals surface area contributed by atoms with Crippen molar-refractivity contribution in [1.29, 1.82) is 0 Å². The van der Waals surface area contributed by atoms with Crippen LogP contribution in [0.2, 0.25) is 0 Å². The number of alkyl halides is 3. The minimum atomic E-state index is -5.36. The maximum absolute atomic E-state index is 13.4. The first-order chi connectivity index (χ1) is 10.7. The highest BCUT2D eigenvalue weighted by Gasteiger charge is 2.63. The first kappa shape index (κ1) is 16.8. The van der Waals surface area contributed by atoms with Crippen LogP contribution in [-0.2, 0) is 19.9 Å². The van der Waals surface area contributed by atoms with E-state index in [2.05, 4.69) is 14.5 Å². The second kappa shape index (κ2) is 5.58. The third kappa shape index (κ3) is 2.42.